The van der Waals surface area contributed by atoms with E-state index in [2.05, 4.69) is 57.3 Å². The summed E-state index contributed by atoms with van der Waals surface area (Å²) >= 11 is 0. The van der Waals surface area contributed by atoms with E-state index < -0.39 is 0 Å². The lowest BCUT2D eigenvalue weighted by atomic mass is 10.1. The monoisotopic (exact) mass is 263 g/mol. The van der Waals surface area contributed by atoms with E-state index in [1.807, 2.05) is 0 Å². The second kappa shape index (κ2) is 9.11. The highest BCUT2D eigenvalue weighted by molar-refractivity contribution is 5.22. The van der Waals surface area contributed by atoms with Gasteiger partial charge in [0.25, 0.3) is 0 Å². The highest BCUT2D eigenvalue weighted by Gasteiger charge is 2.05. The van der Waals surface area contributed by atoms with Gasteiger partial charge in [-0.25, -0.2) is 0 Å². The molecule has 1 aromatic rings. The topological polar surface area (TPSA) is 21.3 Å². The Bertz CT molecular complexity index is 349. The van der Waals surface area contributed by atoms with Gasteiger partial charge in [-0.2, -0.15) is 0 Å². The Balaban J connectivity index is 2.39. The zero-order chi connectivity index (χ0) is 14.1. The maximum atomic E-state index is 5.90. The number of hydrogen-bond acceptors (Lipinski definition) is 2. The van der Waals surface area contributed by atoms with Crippen LogP contribution in [-0.4, -0.2) is 12.6 Å². The fraction of sp³-hybridized carbons (Fsp3) is 0.647. The van der Waals surface area contributed by atoms with Crippen molar-refractivity contribution in [3.8, 4) is 0 Å². The van der Waals surface area contributed by atoms with Crippen LogP contribution in [0, 0.1) is 5.92 Å². The van der Waals surface area contributed by atoms with Crippen LogP contribution in [0.3, 0.4) is 0 Å². The van der Waals surface area contributed by atoms with Crippen LogP contribution in [0.4, 0.5) is 0 Å². The third kappa shape index (κ3) is 7.34. The lowest BCUT2D eigenvalue weighted by Crippen LogP contribution is -2.14. The Hall–Kier alpha value is -0.860. The summed E-state index contributed by atoms with van der Waals surface area (Å²) in [7, 11) is 0. The van der Waals surface area contributed by atoms with Gasteiger partial charge in [0, 0.05) is 6.54 Å². The van der Waals surface area contributed by atoms with Crippen LogP contribution < -0.4 is 5.32 Å². The molecular weight excluding hydrogens is 234 g/mol. The minimum atomic E-state index is 0.335. The number of rotatable bonds is 9. The molecule has 0 aliphatic carbocycles. The average Bonchev–Trinajstić information content (AvgIpc) is 2.36. The van der Waals surface area contributed by atoms with E-state index in [0.29, 0.717) is 12.0 Å². The summed E-state index contributed by atoms with van der Waals surface area (Å²) in [6, 6.07) is 8.68. The molecule has 1 N–H and O–H groups in total. The molecule has 0 saturated heterocycles. The Labute approximate surface area is 118 Å². The van der Waals surface area contributed by atoms with Crippen LogP contribution in [-0.2, 0) is 17.9 Å². The van der Waals surface area contributed by atoms with Crippen LogP contribution in [0.5, 0.6) is 0 Å². The van der Waals surface area contributed by atoms with Crippen molar-refractivity contribution >= 4 is 0 Å². The van der Waals surface area contributed by atoms with Crippen LogP contribution in [0.25, 0.3) is 0 Å². The molecule has 1 aromatic carbocycles. The molecule has 1 atom stereocenters. The standard InChI is InChI=1S/C17H29NO/c1-5-9-18-12-16-7-6-8-17(11-16)13-19-15(4)10-14(2)3/h6-8,11,14-15,18H,5,9-10,12-13H2,1-4H3. The number of nitrogens with one attached hydrogen (secondary N) is 1. The van der Waals surface area contributed by atoms with Crippen molar-refractivity contribution in [2.24, 2.45) is 5.92 Å². The molecule has 0 saturated carbocycles. The number of hydrogen-bond donors (Lipinski definition) is 1. The Morgan fingerprint density at radius 2 is 1.89 bits per heavy atom. The molecule has 2 nitrogen and oxygen atoms in total. The van der Waals surface area contributed by atoms with Crippen LogP contribution in [0.2, 0.25) is 0 Å². The van der Waals surface area contributed by atoms with Crippen LogP contribution in [0.1, 0.15) is 51.7 Å². The zero-order valence-corrected chi connectivity index (χ0v) is 12.9. The van der Waals surface area contributed by atoms with E-state index in [-0.39, 0.29) is 0 Å². The van der Waals surface area contributed by atoms with Gasteiger partial charge in [-0.15, -0.1) is 0 Å². The molecule has 0 aromatic heterocycles. The molecule has 0 fully saturated rings. The molecule has 2 heteroatoms. The van der Waals surface area contributed by atoms with E-state index in [1.54, 1.807) is 0 Å². The molecule has 0 aliphatic heterocycles. The van der Waals surface area contributed by atoms with Gasteiger partial charge in [0.2, 0.25) is 0 Å². The van der Waals surface area contributed by atoms with E-state index >= 15 is 0 Å². The van der Waals surface area contributed by atoms with Gasteiger partial charge >= 0.3 is 0 Å². The predicted octanol–water partition coefficient (Wildman–Crippen LogP) is 4.14. The summed E-state index contributed by atoms with van der Waals surface area (Å²) in [6.45, 7) is 11.6. The fourth-order valence-electron chi connectivity index (χ4n) is 2.21. The number of ether oxygens (including phenoxy) is 1. The molecule has 19 heavy (non-hydrogen) atoms. The van der Waals surface area contributed by atoms with Crippen molar-refractivity contribution in [2.75, 3.05) is 6.54 Å². The highest BCUT2D eigenvalue weighted by Crippen LogP contribution is 2.12. The van der Waals surface area contributed by atoms with E-state index in [1.165, 1.54) is 17.5 Å². The Morgan fingerprint density at radius 3 is 2.58 bits per heavy atom. The van der Waals surface area contributed by atoms with Gasteiger partial charge in [0.05, 0.1) is 12.7 Å². The smallest absolute Gasteiger partial charge is 0.0720 e. The molecular formula is C17H29NO. The first-order valence-electron chi connectivity index (χ1n) is 7.52. The highest BCUT2D eigenvalue weighted by atomic mass is 16.5. The van der Waals surface area contributed by atoms with Gasteiger partial charge in [-0.05, 0) is 43.4 Å². The second-order valence-corrected chi connectivity index (χ2v) is 5.75. The molecule has 0 amide bonds. The SMILES string of the molecule is CCCNCc1cccc(COC(C)CC(C)C)c1. The minimum absolute atomic E-state index is 0.335. The third-order valence-electron chi connectivity index (χ3n) is 3.09. The van der Waals surface area contributed by atoms with Crippen molar-refractivity contribution in [3.63, 3.8) is 0 Å². The first kappa shape index (κ1) is 16.2. The summed E-state index contributed by atoms with van der Waals surface area (Å²) in [5.74, 6) is 0.694. The summed E-state index contributed by atoms with van der Waals surface area (Å²) < 4.78 is 5.90. The maximum absolute atomic E-state index is 5.90. The zero-order valence-electron chi connectivity index (χ0n) is 12.9. The summed E-state index contributed by atoms with van der Waals surface area (Å²) in [5, 5.41) is 3.43. The maximum Gasteiger partial charge on any atom is 0.0720 e. The van der Waals surface area contributed by atoms with Gasteiger partial charge in [-0.1, -0.05) is 45.0 Å². The van der Waals surface area contributed by atoms with Crippen molar-refractivity contribution < 1.29 is 4.74 Å². The lowest BCUT2D eigenvalue weighted by molar-refractivity contribution is 0.0397. The van der Waals surface area contributed by atoms with Crippen molar-refractivity contribution in [1.29, 1.82) is 0 Å². The van der Waals surface area contributed by atoms with Crippen molar-refractivity contribution in [3.05, 3.63) is 35.4 Å². The van der Waals surface area contributed by atoms with Crippen molar-refractivity contribution in [2.45, 2.75) is 59.8 Å². The molecule has 0 radical (unpaired) electrons. The van der Waals surface area contributed by atoms with Gasteiger partial charge in [0.15, 0.2) is 0 Å². The molecule has 0 bridgehead atoms. The average molecular weight is 263 g/mol. The van der Waals surface area contributed by atoms with Gasteiger partial charge in [-0.3, -0.25) is 0 Å². The van der Waals surface area contributed by atoms with Crippen LogP contribution in [0.15, 0.2) is 24.3 Å². The summed E-state index contributed by atoms with van der Waals surface area (Å²) in [6.07, 6.45) is 2.63. The lowest BCUT2D eigenvalue weighted by Gasteiger charge is -2.15. The first-order valence-corrected chi connectivity index (χ1v) is 7.52. The first-order chi connectivity index (χ1) is 9.11. The Morgan fingerprint density at radius 1 is 1.16 bits per heavy atom. The second-order valence-electron chi connectivity index (χ2n) is 5.75. The normalized spacial score (nSPS) is 12.9. The van der Waals surface area contributed by atoms with Crippen LogP contribution >= 0.6 is 0 Å². The predicted molar refractivity (Wildman–Crippen MR) is 82.1 cm³/mol. The third-order valence-corrected chi connectivity index (χ3v) is 3.09. The van der Waals surface area contributed by atoms with Gasteiger partial charge < -0.3 is 10.1 Å². The quantitative estimate of drug-likeness (QED) is 0.676. The number of benzene rings is 1. The summed E-state index contributed by atoms with van der Waals surface area (Å²) in [5.41, 5.74) is 2.61. The molecule has 1 rings (SSSR count). The molecule has 0 heterocycles. The fourth-order valence-corrected chi connectivity index (χ4v) is 2.21. The molecule has 0 aliphatic rings. The largest absolute Gasteiger partial charge is 0.374 e. The van der Waals surface area contributed by atoms with Gasteiger partial charge in [0.1, 0.15) is 0 Å². The van der Waals surface area contributed by atoms with Crippen molar-refractivity contribution in [1.82, 2.24) is 5.32 Å². The summed E-state index contributed by atoms with van der Waals surface area (Å²) in [4.78, 5) is 0. The molecule has 108 valence electrons. The minimum Gasteiger partial charge on any atom is -0.374 e. The molecule has 0 spiro atoms. The van der Waals surface area contributed by atoms with E-state index in [0.717, 1.165) is 26.1 Å². The molecule has 1 unspecified atom stereocenters. The van der Waals surface area contributed by atoms with E-state index in [4.69, 9.17) is 4.74 Å². The van der Waals surface area contributed by atoms with E-state index in [9.17, 15) is 0 Å². The Kier molecular flexibility index (Phi) is 7.76.